The van der Waals surface area contributed by atoms with Crippen LogP contribution in [0.5, 0.6) is 0 Å². The van der Waals surface area contributed by atoms with Gasteiger partial charge in [0.25, 0.3) is 0 Å². The quantitative estimate of drug-likeness (QED) is 0.667. The number of rotatable bonds is 6. The third-order valence-corrected chi connectivity index (χ3v) is 5.49. The number of carbonyl (C=O) groups is 1. The van der Waals surface area contributed by atoms with Crippen LogP contribution in [0.3, 0.4) is 0 Å². The van der Waals surface area contributed by atoms with Gasteiger partial charge in [0.15, 0.2) is 0 Å². The molecule has 1 saturated carbocycles. The number of hydrogen-bond donors (Lipinski definition) is 0. The minimum Gasteiger partial charge on any atom is -0.459 e. The third kappa shape index (κ3) is 5.13. The molecule has 0 spiro atoms. The van der Waals surface area contributed by atoms with Crippen molar-refractivity contribution in [2.45, 2.75) is 83.7 Å². The van der Waals surface area contributed by atoms with E-state index in [1.54, 1.807) is 0 Å². The maximum atomic E-state index is 11.9. The molecule has 0 bridgehead atoms. The maximum absolute atomic E-state index is 11.9. The van der Waals surface area contributed by atoms with Crippen LogP contribution in [0.25, 0.3) is 0 Å². The first kappa shape index (κ1) is 19.8. The summed E-state index contributed by atoms with van der Waals surface area (Å²) in [6.45, 7) is 7.58. The highest BCUT2D eigenvalue weighted by Crippen LogP contribution is 2.42. The molecular weight excluding hydrogens is 298 g/mol. The Bertz CT molecular complexity index is 321. The molecule has 1 aliphatic heterocycles. The number of piperidine rings is 1. The van der Waals surface area contributed by atoms with E-state index in [4.69, 9.17) is 4.74 Å². The van der Waals surface area contributed by atoms with Gasteiger partial charge in [-0.05, 0) is 31.7 Å². The first-order valence-electron chi connectivity index (χ1n) is 9.14. The smallest absolute Gasteiger partial charge is 0.306 e. The zero-order valence-corrected chi connectivity index (χ0v) is 15.3. The van der Waals surface area contributed by atoms with Crippen molar-refractivity contribution >= 4 is 18.4 Å². The number of nitrogens with zero attached hydrogens (tertiary/aromatic N) is 1. The van der Waals surface area contributed by atoms with Gasteiger partial charge in [-0.15, -0.1) is 12.4 Å². The first-order chi connectivity index (χ1) is 10.2. The molecule has 0 N–H and O–H groups in total. The Hall–Kier alpha value is -0.280. The number of likely N-dealkylation sites (tertiary alicyclic amines) is 1. The van der Waals surface area contributed by atoms with Crippen LogP contribution in [-0.4, -0.2) is 36.1 Å². The van der Waals surface area contributed by atoms with Crippen molar-refractivity contribution in [2.75, 3.05) is 19.6 Å². The van der Waals surface area contributed by atoms with Crippen LogP contribution in [0.2, 0.25) is 0 Å². The predicted octanol–water partition coefficient (Wildman–Crippen LogP) is 4.58. The Morgan fingerprint density at radius 3 is 2.32 bits per heavy atom. The molecule has 0 atom stereocenters. The summed E-state index contributed by atoms with van der Waals surface area (Å²) in [5, 5.41) is 0. The molecular formula is C18H34ClNO2. The average Bonchev–Trinajstić information content (AvgIpc) is 2.55. The Morgan fingerprint density at radius 2 is 1.77 bits per heavy atom. The lowest BCUT2D eigenvalue weighted by atomic mass is 9.72. The van der Waals surface area contributed by atoms with E-state index in [1.165, 1.54) is 51.5 Å². The molecule has 0 aromatic rings. The predicted molar refractivity (Wildman–Crippen MR) is 93.5 cm³/mol. The average molecular weight is 332 g/mol. The molecule has 1 saturated heterocycles. The van der Waals surface area contributed by atoms with Crippen molar-refractivity contribution in [2.24, 2.45) is 5.92 Å². The molecule has 130 valence electrons. The van der Waals surface area contributed by atoms with Gasteiger partial charge in [-0.2, -0.15) is 0 Å². The molecule has 22 heavy (non-hydrogen) atoms. The Labute approximate surface area is 142 Å². The van der Waals surface area contributed by atoms with Gasteiger partial charge in [0.2, 0.25) is 0 Å². The van der Waals surface area contributed by atoms with Crippen LogP contribution in [0.1, 0.15) is 78.1 Å². The highest BCUT2D eigenvalue weighted by Gasteiger charge is 2.44. The summed E-state index contributed by atoms with van der Waals surface area (Å²) in [6, 6.07) is 0. The lowest BCUT2D eigenvalue weighted by Crippen LogP contribution is -2.52. The summed E-state index contributed by atoms with van der Waals surface area (Å²) in [7, 11) is 0. The molecule has 0 radical (unpaired) electrons. The first-order valence-corrected chi connectivity index (χ1v) is 9.14. The van der Waals surface area contributed by atoms with Crippen molar-refractivity contribution in [1.29, 1.82) is 0 Å². The Kier molecular flexibility index (Phi) is 8.78. The second-order valence-electron chi connectivity index (χ2n) is 6.92. The second-order valence-corrected chi connectivity index (χ2v) is 6.92. The third-order valence-electron chi connectivity index (χ3n) is 5.49. The fourth-order valence-electron chi connectivity index (χ4n) is 4.06. The van der Waals surface area contributed by atoms with Crippen LogP contribution in [0, 0.1) is 5.92 Å². The van der Waals surface area contributed by atoms with Crippen molar-refractivity contribution in [3.05, 3.63) is 0 Å². The van der Waals surface area contributed by atoms with Gasteiger partial charge in [-0.3, -0.25) is 4.79 Å². The SMILES string of the molecule is CCCCN1CCC(OC(=O)CC)(C2CCCCC2)CC1.Cl. The highest BCUT2D eigenvalue weighted by atomic mass is 35.5. The van der Waals surface area contributed by atoms with E-state index in [9.17, 15) is 4.79 Å². The zero-order chi connectivity index (χ0) is 15.1. The van der Waals surface area contributed by atoms with Crippen LogP contribution in [-0.2, 0) is 9.53 Å². The van der Waals surface area contributed by atoms with Crippen molar-refractivity contribution in [3.8, 4) is 0 Å². The molecule has 1 heterocycles. The number of ether oxygens (including phenoxy) is 1. The van der Waals surface area contributed by atoms with E-state index in [-0.39, 0.29) is 24.0 Å². The van der Waals surface area contributed by atoms with Crippen LogP contribution in [0.15, 0.2) is 0 Å². The standard InChI is InChI=1S/C18H33NO2.ClH/c1-3-5-13-19-14-11-18(12-15-19,21-17(20)4-2)16-9-7-6-8-10-16;/h16H,3-15H2,1-2H3;1H. The van der Waals surface area contributed by atoms with Crippen LogP contribution in [0.4, 0.5) is 0 Å². The van der Waals surface area contributed by atoms with Gasteiger partial charge in [0.1, 0.15) is 5.60 Å². The van der Waals surface area contributed by atoms with Gasteiger partial charge in [-0.25, -0.2) is 0 Å². The van der Waals surface area contributed by atoms with Crippen molar-refractivity contribution in [3.63, 3.8) is 0 Å². The van der Waals surface area contributed by atoms with E-state index in [0.717, 1.165) is 25.9 Å². The maximum Gasteiger partial charge on any atom is 0.306 e. The normalized spacial score (nSPS) is 22.8. The number of hydrogen-bond acceptors (Lipinski definition) is 3. The van der Waals surface area contributed by atoms with Gasteiger partial charge < -0.3 is 9.64 Å². The summed E-state index contributed by atoms with van der Waals surface area (Å²) < 4.78 is 6.05. The molecule has 0 aromatic carbocycles. The van der Waals surface area contributed by atoms with Crippen LogP contribution >= 0.6 is 12.4 Å². The molecule has 2 fully saturated rings. The van der Waals surface area contributed by atoms with E-state index in [1.807, 2.05) is 6.92 Å². The van der Waals surface area contributed by atoms with E-state index < -0.39 is 0 Å². The molecule has 2 rings (SSSR count). The van der Waals surface area contributed by atoms with Gasteiger partial charge in [-0.1, -0.05) is 39.5 Å². The van der Waals surface area contributed by atoms with Gasteiger partial charge >= 0.3 is 5.97 Å². The van der Waals surface area contributed by atoms with E-state index in [2.05, 4.69) is 11.8 Å². The Morgan fingerprint density at radius 1 is 1.14 bits per heavy atom. The summed E-state index contributed by atoms with van der Waals surface area (Å²) in [6.07, 6.45) is 11.6. The number of esters is 1. The summed E-state index contributed by atoms with van der Waals surface area (Å²) in [5.41, 5.74) is -0.143. The lowest BCUT2D eigenvalue weighted by molar-refractivity contribution is -0.175. The molecule has 1 aliphatic carbocycles. The molecule has 0 amide bonds. The number of unbranched alkanes of at least 4 members (excludes halogenated alkanes) is 1. The van der Waals surface area contributed by atoms with Gasteiger partial charge in [0.05, 0.1) is 0 Å². The number of halogens is 1. The summed E-state index contributed by atoms with van der Waals surface area (Å²) in [5.74, 6) is 0.609. The fourth-order valence-corrected chi connectivity index (χ4v) is 4.06. The minimum absolute atomic E-state index is 0. The fraction of sp³-hybridized carbons (Fsp3) is 0.944. The van der Waals surface area contributed by atoms with Gasteiger partial charge in [0, 0.05) is 32.4 Å². The largest absolute Gasteiger partial charge is 0.459 e. The van der Waals surface area contributed by atoms with E-state index in [0.29, 0.717) is 12.3 Å². The molecule has 2 aliphatic rings. The topological polar surface area (TPSA) is 29.5 Å². The Balaban J connectivity index is 0.00000242. The van der Waals surface area contributed by atoms with Crippen molar-refractivity contribution < 1.29 is 9.53 Å². The summed E-state index contributed by atoms with van der Waals surface area (Å²) >= 11 is 0. The molecule has 0 aromatic heterocycles. The second kappa shape index (κ2) is 9.77. The monoisotopic (exact) mass is 331 g/mol. The zero-order valence-electron chi connectivity index (χ0n) is 14.4. The van der Waals surface area contributed by atoms with E-state index >= 15 is 0 Å². The highest BCUT2D eigenvalue weighted by molar-refractivity contribution is 5.85. The molecule has 0 unspecified atom stereocenters. The van der Waals surface area contributed by atoms with Crippen molar-refractivity contribution in [1.82, 2.24) is 4.90 Å². The summed E-state index contributed by atoms with van der Waals surface area (Å²) in [4.78, 5) is 14.5. The van der Waals surface area contributed by atoms with Crippen LogP contribution < -0.4 is 0 Å². The lowest BCUT2D eigenvalue weighted by Gasteiger charge is -2.47. The number of carbonyl (C=O) groups excluding carboxylic acids is 1. The molecule has 3 nitrogen and oxygen atoms in total. The molecule has 4 heteroatoms. The minimum atomic E-state index is -0.143.